The highest BCUT2D eigenvalue weighted by Crippen LogP contribution is 2.54. The average molecular weight is 487 g/mol. The van der Waals surface area contributed by atoms with Crippen LogP contribution < -0.4 is 9.47 Å². The lowest BCUT2D eigenvalue weighted by molar-refractivity contribution is 0.414. The summed E-state index contributed by atoms with van der Waals surface area (Å²) < 4.78 is 11.0. The smallest absolute Gasteiger partial charge is 0.285 e. The van der Waals surface area contributed by atoms with Crippen molar-refractivity contribution in [2.24, 2.45) is 0 Å². The van der Waals surface area contributed by atoms with E-state index in [1.807, 2.05) is 35.7 Å². The van der Waals surface area contributed by atoms with Crippen molar-refractivity contribution in [1.82, 2.24) is 0 Å². The minimum atomic E-state index is 0.0509. The van der Waals surface area contributed by atoms with Gasteiger partial charge in [0.15, 0.2) is 23.6 Å². The van der Waals surface area contributed by atoms with Crippen molar-refractivity contribution in [3.63, 3.8) is 0 Å². The highest BCUT2D eigenvalue weighted by atomic mass is 32.5. The Labute approximate surface area is 188 Å². The monoisotopic (exact) mass is 486 g/mol. The molecule has 2 fully saturated rings. The highest BCUT2D eigenvalue weighted by Gasteiger charge is 2.40. The van der Waals surface area contributed by atoms with E-state index in [0.29, 0.717) is 9.83 Å². The van der Waals surface area contributed by atoms with Crippen LogP contribution in [0.4, 0.5) is 0 Å². The summed E-state index contributed by atoms with van der Waals surface area (Å²) in [7, 11) is 3.42. The summed E-state index contributed by atoms with van der Waals surface area (Å²) in [6.45, 7) is 0.102. The number of hydrogen-bond donors (Lipinski definition) is 0. The van der Waals surface area contributed by atoms with Crippen molar-refractivity contribution in [2.45, 2.75) is 16.3 Å². The first-order valence-corrected chi connectivity index (χ1v) is 16.4. The number of thioether (sulfide) groups is 2. The van der Waals surface area contributed by atoms with E-state index in [1.165, 1.54) is 35.1 Å². The maximum absolute atomic E-state index is 5.25. The molecule has 0 bridgehead atoms. The van der Waals surface area contributed by atoms with Gasteiger partial charge in [-0.2, -0.15) is 0 Å². The van der Waals surface area contributed by atoms with Gasteiger partial charge in [0, 0.05) is 5.25 Å². The van der Waals surface area contributed by atoms with Gasteiger partial charge in [0.2, 0.25) is 0 Å². The summed E-state index contributed by atoms with van der Waals surface area (Å²) in [5, 5.41) is 0.555. The maximum Gasteiger partial charge on any atom is 0.285 e. The van der Waals surface area contributed by atoms with Crippen LogP contribution >= 0.6 is 36.9 Å². The molecule has 2 aromatic rings. The molecule has 0 saturated carbocycles. The van der Waals surface area contributed by atoms with E-state index in [2.05, 4.69) is 36.4 Å². The van der Waals surface area contributed by atoms with Gasteiger partial charge in [-0.3, -0.25) is 0 Å². The number of hydrogen-bond acceptors (Lipinski definition) is 6. The van der Waals surface area contributed by atoms with Gasteiger partial charge in [0.25, 0.3) is 25.2 Å². The molecule has 2 aliphatic rings. The predicted octanol–water partition coefficient (Wildman–Crippen LogP) is 7.12. The van der Waals surface area contributed by atoms with Crippen molar-refractivity contribution in [3.05, 3.63) is 59.7 Å². The van der Waals surface area contributed by atoms with Crippen molar-refractivity contribution in [2.75, 3.05) is 31.8 Å². The van der Waals surface area contributed by atoms with Crippen LogP contribution in [-0.4, -0.2) is 31.8 Å². The molecule has 28 heavy (non-hydrogen) atoms. The summed E-state index contributed by atoms with van der Waals surface area (Å²) in [4.78, 5) is 0. The molecule has 0 radical (unpaired) electrons. The molecule has 2 aromatic carbocycles. The van der Waals surface area contributed by atoms with E-state index in [1.54, 1.807) is 14.2 Å². The minimum Gasteiger partial charge on any atom is -0.497 e. The van der Waals surface area contributed by atoms with Crippen molar-refractivity contribution in [1.29, 1.82) is 0 Å². The molecule has 0 N–H and O–H groups in total. The molecular formula is C20H24O2P2S4+2. The van der Waals surface area contributed by atoms with Gasteiger partial charge in [-0.25, -0.2) is 0 Å². The van der Waals surface area contributed by atoms with Gasteiger partial charge in [-0.15, -0.1) is 23.5 Å². The summed E-state index contributed by atoms with van der Waals surface area (Å²) in [6, 6.07) is 17.0. The molecule has 0 spiro atoms. The maximum atomic E-state index is 5.25. The number of benzene rings is 2. The lowest BCUT2D eigenvalue weighted by atomic mass is 10.1. The topological polar surface area (TPSA) is 18.5 Å². The number of rotatable bonds is 4. The van der Waals surface area contributed by atoms with Crippen LogP contribution in [-0.2, 0) is 23.6 Å². The molecule has 0 aromatic heterocycles. The normalized spacial score (nSPS) is 23.8. The fourth-order valence-electron chi connectivity index (χ4n) is 2.85. The van der Waals surface area contributed by atoms with Crippen molar-refractivity contribution in [3.8, 4) is 11.5 Å². The summed E-state index contributed by atoms with van der Waals surface area (Å²) >= 11 is 14.0. The van der Waals surface area contributed by atoms with Gasteiger partial charge >= 0.3 is 0 Å². The first kappa shape index (κ1) is 22.5. The van der Waals surface area contributed by atoms with Crippen LogP contribution in [0.1, 0.15) is 27.4 Å². The molecule has 8 heteroatoms. The molecule has 148 valence electrons. The Kier molecular flexibility index (Phi) is 9.02. The van der Waals surface area contributed by atoms with Gasteiger partial charge in [-0.05, 0) is 47.6 Å². The Bertz CT molecular complexity index is 736. The Balaban J connectivity index is 0.000000320. The summed E-state index contributed by atoms with van der Waals surface area (Å²) in [6.07, 6.45) is 1.22. The number of ether oxygens (including phenoxy) is 2. The van der Waals surface area contributed by atoms with Crippen LogP contribution in [0.25, 0.3) is 0 Å². The third-order valence-electron chi connectivity index (χ3n) is 4.44. The molecule has 2 heterocycles. The highest BCUT2D eigenvalue weighted by molar-refractivity contribution is 8.23. The predicted molar refractivity (Wildman–Crippen MR) is 134 cm³/mol. The van der Waals surface area contributed by atoms with E-state index < -0.39 is 0 Å². The Morgan fingerprint density at radius 2 is 1.32 bits per heavy atom. The molecule has 2 aliphatic heterocycles. The van der Waals surface area contributed by atoms with E-state index >= 15 is 0 Å². The van der Waals surface area contributed by atoms with Crippen molar-refractivity contribution >= 4 is 60.5 Å². The molecular weight excluding hydrogens is 462 g/mol. The number of methoxy groups -OCH3 is 2. The van der Waals surface area contributed by atoms with Gasteiger partial charge in [0.05, 0.1) is 18.8 Å². The van der Waals surface area contributed by atoms with E-state index in [9.17, 15) is 0 Å². The summed E-state index contributed by atoms with van der Waals surface area (Å²) in [5.74, 6) is 5.50. The molecule has 2 nitrogen and oxygen atoms in total. The molecule has 2 atom stereocenters. The quantitative estimate of drug-likeness (QED) is 0.426. The fraction of sp³-hybridized carbons (Fsp3) is 0.400. The van der Waals surface area contributed by atoms with Gasteiger partial charge < -0.3 is 9.47 Å². The van der Waals surface area contributed by atoms with Crippen LogP contribution in [0, 0.1) is 0 Å². The van der Waals surface area contributed by atoms with E-state index in [0.717, 1.165) is 11.5 Å². The molecule has 2 saturated heterocycles. The fourth-order valence-corrected chi connectivity index (χ4v) is 14.9. The molecule has 2 unspecified atom stereocenters. The third kappa shape index (κ3) is 6.39. The zero-order valence-electron chi connectivity index (χ0n) is 15.9. The summed E-state index contributed by atoms with van der Waals surface area (Å²) in [5.41, 5.74) is 2.76. The Morgan fingerprint density at radius 3 is 1.75 bits per heavy atom. The first-order valence-electron chi connectivity index (χ1n) is 8.98. The first-order chi connectivity index (χ1) is 13.6. The van der Waals surface area contributed by atoms with Gasteiger partial charge in [0.1, 0.15) is 11.5 Å². The second-order valence-electron chi connectivity index (χ2n) is 6.41. The largest absolute Gasteiger partial charge is 0.497 e. The van der Waals surface area contributed by atoms with Gasteiger partial charge in [-0.1, -0.05) is 24.3 Å². The Hall–Kier alpha value is -0.220. The lowest BCUT2D eigenvalue weighted by Crippen LogP contribution is -2.06. The van der Waals surface area contributed by atoms with E-state index in [-0.39, 0.29) is 13.4 Å². The van der Waals surface area contributed by atoms with Crippen molar-refractivity contribution < 1.29 is 9.47 Å². The zero-order valence-corrected chi connectivity index (χ0v) is 21.0. The van der Waals surface area contributed by atoms with E-state index in [4.69, 9.17) is 33.1 Å². The zero-order chi connectivity index (χ0) is 19.9. The molecule has 0 aliphatic carbocycles. The second-order valence-corrected chi connectivity index (χ2v) is 16.5. The SMILES string of the molecule is COc1ccc(C2CCSC(c3ccc(OC)cc3)S2)cc1.S=[P+]1C[P+](=S)C1. The van der Waals surface area contributed by atoms with Crippen LogP contribution in [0.5, 0.6) is 11.5 Å². The second kappa shape index (κ2) is 11.2. The van der Waals surface area contributed by atoms with Crippen LogP contribution in [0.2, 0.25) is 0 Å². The molecule has 4 rings (SSSR count). The minimum absolute atomic E-state index is 0.0509. The average Bonchev–Trinajstić information content (AvgIpc) is 2.74. The van der Waals surface area contributed by atoms with Crippen LogP contribution in [0.15, 0.2) is 48.5 Å². The lowest BCUT2D eigenvalue weighted by Gasteiger charge is -2.29. The molecule has 0 amide bonds. The standard InChI is InChI=1S/C18H20O2S2.C2H4P2S2/c1-19-15-7-3-13(4-8-15)17-11-12-21-18(22-17)14-5-9-16(20-2)10-6-14;5-3-1-4(6)2-3/h3-10,17-18H,11-12H2,1-2H3;1-2H2/q;+2. The third-order valence-corrected chi connectivity index (χ3v) is 16.8. The van der Waals surface area contributed by atoms with Crippen LogP contribution in [0.3, 0.4) is 0 Å². The Morgan fingerprint density at radius 1 is 0.821 bits per heavy atom.